The Morgan fingerprint density at radius 3 is 2.43 bits per heavy atom. The van der Waals surface area contributed by atoms with Crippen molar-refractivity contribution in [1.29, 1.82) is 0 Å². The van der Waals surface area contributed by atoms with Crippen molar-refractivity contribution in [3.8, 4) is 5.75 Å². The second-order valence-electron chi connectivity index (χ2n) is 6.34. The molecule has 0 amide bonds. The van der Waals surface area contributed by atoms with Crippen LogP contribution in [0.25, 0.3) is 0 Å². The molecule has 1 atom stereocenters. The van der Waals surface area contributed by atoms with Gasteiger partial charge in [0.1, 0.15) is 5.75 Å². The lowest BCUT2D eigenvalue weighted by Crippen LogP contribution is -2.43. The maximum Gasteiger partial charge on any atom is 0.118 e. The number of hydrogen-bond donors (Lipinski definition) is 1. The Hall–Kier alpha value is -1.06. The number of ether oxygens (including phenoxy) is 1. The number of rotatable bonds is 7. The van der Waals surface area contributed by atoms with E-state index in [1.165, 1.54) is 37.7 Å². The highest BCUT2D eigenvalue weighted by molar-refractivity contribution is 5.27. The van der Waals surface area contributed by atoms with E-state index in [1.807, 2.05) is 12.1 Å². The molecule has 1 saturated carbocycles. The van der Waals surface area contributed by atoms with Crippen LogP contribution in [0.1, 0.15) is 37.7 Å². The van der Waals surface area contributed by atoms with E-state index in [2.05, 4.69) is 36.4 Å². The van der Waals surface area contributed by atoms with E-state index < -0.39 is 0 Å². The quantitative estimate of drug-likeness (QED) is 0.834. The van der Waals surface area contributed by atoms with Gasteiger partial charge in [-0.25, -0.2) is 0 Å². The lowest BCUT2D eigenvalue weighted by Gasteiger charge is -2.33. The molecular weight excluding hydrogens is 260 g/mol. The predicted octanol–water partition coefficient (Wildman–Crippen LogP) is 3.30. The zero-order valence-corrected chi connectivity index (χ0v) is 13.8. The van der Waals surface area contributed by atoms with Crippen molar-refractivity contribution in [3.05, 3.63) is 29.8 Å². The van der Waals surface area contributed by atoms with E-state index in [4.69, 9.17) is 4.74 Å². The maximum absolute atomic E-state index is 5.21. The molecule has 21 heavy (non-hydrogen) atoms. The SMILES string of the molecule is CNC(CN(C)Cc1ccc(OC)cc1)C1CCCCC1. The Morgan fingerprint density at radius 2 is 1.86 bits per heavy atom. The minimum Gasteiger partial charge on any atom is -0.497 e. The summed E-state index contributed by atoms with van der Waals surface area (Å²) in [6, 6.07) is 9.02. The highest BCUT2D eigenvalue weighted by atomic mass is 16.5. The molecule has 3 heteroatoms. The van der Waals surface area contributed by atoms with Crippen molar-refractivity contribution >= 4 is 0 Å². The van der Waals surface area contributed by atoms with Crippen LogP contribution in [0.2, 0.25) is 0 Å². The normalized spacial score (nSPS) is 17.9. The second-order valence-corrected chi connectivity index (χ2v) is 6.34. The average Bonchev–Trinajstić information content (AvgIpc) is 2.54. The van der Waals surface area contributed by atoms with Gasteiger partial charge in [0.25, 0.3) is 0 Å². The smallest absolute Gasteiger partial charge is 0.118 e. The molecule has 1 aromatic carbocycles. The van der Waals surface area contributed by atoms with E-state index >= 15 is 0 Å². The van der Waals surface area contributed by atoms with E-state index in [-0.39, 0.29) is 0 Å². The van der Waals surface area contributed by atoms with Crippen molar-refractivity contribution in [2.24, 2.45) is 5.92 Å². The topological polar surface area (TPSA) is 24.5 Å². The molecule has 0 spiro atoms. The van der Waals surface area contributed by atoms with Crippen LogP contribution in [0.5, 0.6) is 5.75 Å². The highest BCUT2D eigenvalue weighted by Gasteiger charge is 2.23. The number of hydrogen-bond acceptors (Lipinski definition) is 3. The van der Waals surface area contributed by atoms with Gasteiger partial charge in [-0.1, -0.05) is 31.4 Å². The zero-order valence-electron chi connectivity index (χ0n) is 13.8. The Balaban J connectivity index is 1.84. The van der Waals surface area contributed by atoms with Crippen LogP contribution in [0, 0.1) is 5.92 Å². The first-order chi connectivity index (χ1) is 10.2. The number of likely N-dealkylation sites (N-methyl/N-ethyl adjacent to an activating group) is 2. The van der Waals surface area contributed by atoms with Gasteiger partial charge in [-0.05, 0) is 50.6 Å². The molecule has 0 aromatic heterocycles. The van der Waals surface area contributed by atoms with Crippen LogP contribution in [0.15, 0.2) is 24.3 Å². The summed E-state index contributed by atoms with van der Waals surface area (Å²) in [5, 5.41) is 3.55. The van der Waals surface area contributed by atoms with Crippen molar-refractivity contribution in [1.82, 2.24) is 10.2 Å². The largest absolute Gasteiger partial charge is 0.497 e. The van der Waals surface area contributed by atoms with Crippen molar-refractivity contribution < 1.29 is 4.74 Å². The average molecular weight is 290 g/mol. The molecule has 0 heterocycles. The van der Waals surface area contributed by atoms with E-state index in [1.54, 1.807) is 7.11 Å². The summed E-state index contributed by atoms with van der Waals surface area (Å²) in [7, 11) is 6.04. The Morgan fingerprint density at radius 1 is 1.19 bits per heavy atom. The van der Waals surface area contributed by atoms with Gasteiger partial charge in [0.2, 0.25) is 0 Å². The fourth-order valence-corrected chi connectivity index (χ4v) is 3.46. The molecule has 1 N–H and O–H groups in total. The van der Waals surface area contributed by atoms with Crippen molar-refractivity contribution in [3.63, 3.8) is 0 Å². The fourth-order valence-electron chi connectivity index (χ4n) is 3.46. The van der Waals surface area contributed by atoms with E-state index in [9.17, 15) is 0 Å². The van der Waals surface area contributed by atoms with Gasteiger partial charge >= 0.3 is 0 Å². The van der Waals surface area contributed by atoms with Crippen LogP contribution >= 0.6 is 0 Å². The molecule has 3 nitrogen and oxygen atoms in total. The van der Waals surface area contributed by atoms with Crippen LogP contribution < -0.4 is 10.1 Å². The van der Waals surface area contributed by atoms with Crippen molar-refractivity contribution in [2.45, 2.75) is 44.7 Å². The van der Waals surface area contributed by atoms with Crippen LogP contribution in [-0.4, -0.2) is 38.7 Å². The summed E-state index contributed by atoms with van der Waals surface area (Å²) in [6.07, 6.45) is 7.02. The zero-order chi connectivity index (χ0) is 15.1. The Kier molecular flexibility index (Phi) is 6.52. The Labute approximate surface area is 129 Å². The monoisotopic (exact) mass is 290 g/mol. The first-order valence-corrected chi connectivity index (χ1v) is 8.21. The number of nitrogens with zero attached hydrogens (tertiary/aromatic N) is 1. The molecule has 1 unspecified atom stereocenters. The summed E-state index contributed by atoms with van der Waals surface area (Å²) >= 11 is 0. The van der Waals surface area contributed by atoms with Crippen LogP contribution in [0.3, 0.4) is 0 Å². The van der Waals surface area contributed by atoms with Gasteiger partial charge in [-0.3, -0.25) is 0 Å². The summed E-state index contributed by atoms with van der Waals surface area (Å²) in [4.78, 5) is 2.43. The Bertz CT molecular complexity index is 398. The van der Waals surface area contributed by atoms with Gasteiger partial charge in [-0.2, -0.15) is 0 Å². The van der Waals surface area contributed by atoms with E-state index in [0.717, 1.165) is 24.8 Å². The molecule has 118 valence electrons. The molecule has 0 aliphatic heterocycles. The number of benzene rings is 1. The third kappa shape index (κ3) is 5.01. The van der Waals surface area contributed by atoms with Gasteiger partial charge in [0.05, 0.1) is 7.11 Å². The predicted molar refractivity (Wildman–Crippen MR) is 88.8 cm³/mol. The van der Waals surface area contributed by atoms with Gasteiger partial charge in [0.15, 0.2) is 0 Å². The minimum atomic E-state index is 0.619. The molecule has 1 aliphatic rings. The van der Waals surface area contributed by atoms with Crippen LogP contribution in [0.4, 0.5) is 0 Å². The highest BCUT2D eigenvalue weighted by Crippen LogP contribution is 2.26. The third-order valence-electron chi connectivity index (χ3n) is 4.71. The lowest BCUT2D eigenvalue weighted by molar-refractivity contribution is 0.208. The first kappa shape index (κ1) is 16.3. The molecule has 1 aromatic rings. The molecule has 0 saturated heterocycles. The second kappa shape index (κ2) is 8.40. The van der Waals surface area contributed by atoms with Gasteiger partial charge in [-0.15, -0.1) is 0 Å². The summed E-state index contributed by atoms with van der Waals surface area (Å²) < 4.78 is 5.21. The number of nitrogens with one attached hydrogen (secondary N) is 1. The van der Waals surface area contributed by atoms with Crippen molar-refractivity contribution in [2.75, 3.05) is 27.7 Å². The minimum absolute atomic E-state index is 0.619. The molecule has 0 bridgehead atoms. The molecule has 2 rings (SSSR count). The van der Waals surface area contributed by atoms with Crippen LogP contribution in [-0.2, 0) is 6.54 Å². The van der Waals surface area contributed by atoms with Gasteiger partial charge < -0.3 is 15.0 Å². The number of methoxy groups -OCH3 is 1. The molecular formula is C18H30N2O. The van der Waals surface area contributed by atoms with Gasteiger partial charge in [0, 0.05) is 19.1 Å². The molecule has 1 fully saturated rings. The fraction of sp³-hybridized carbons (Fsp3) is 0.667. The maximum atomic E-state index is 5.21. The lowest BCUT2D eigenvalue weighted by atomic mass is 9.83. The summed E-state index contributed by atoms with van der Waals surface area (Å²) in [6.45, 7) is 2.11. The summed E-state index contributed by atoms with van der Waals surface area (Å²) in [5.74, 6) is 1.78. The standard InChI is InChI=1S/C18H30N2O/c1-19-18(16-7-5-4-6-8-16)14-20(2)13-15-9-11-17(21-3)12-10-15/h9-12,16,18-19H,4-8,13-14H2,1-3H3. The molecule has 0 radical (unpaired) electrons. The third-order valence-corrected chi connectivity index (χ3v) is 4.71. The first-order valence-electron chi connectivity index (χ1n) is 8.21. The van der Waals surface area contributed by atoms with E-state index in [0.29, 0.717) is 6.04 Å². The summed E-state index contributed by atoms with van der Waals surface area (Å²) in [5.41, 5.74) is 1.34. The molecule has 1 aliphatic carbocycles.